The second-order valence-corrected chi connectivity index (χ2v) is 4.04. The van der Waals surface area contributed by atoms with Gasteiger partial charge in [-0.25, -0.2) is 0 Å². The summed E-state index contributed by atoms with van der Waals surface area (Å²) in [4.78, 5) is 11.7. The molecule has 2 rings (SSSR count). The summed E-state index contributed by atoms with van der Waals surface area (Å²) in [6.45, 7) is 0. The topological polar surface area (TPSA) is 37.3 Å². The van der Waals surface area contributed by atoms with Crippen molar-refractivity contribution < 1.29 is 9.90 Å². The molecule has 0 unspecified atom stereocenters. The highest BCUT2D eigenvalue weighted by Crippen LogP contribution is 2.10. The molecule has 0 fully saturated rings. The summed E-state index contributed by atoms with van der Waals surface area (Å²) in [6, 6.07) is 18.5. The Morgan fingerprint density at radius 3 is 2.11 bits per heavy atom. The molecule has 0 atom stereocenters. The number of ketones is 1. The Kier molecular flexibility index (Phi) is 4.29. The Labute approximate surface area is 112 Å². The SMILES string of the molecule is O=C(C=Cc1ccccc1)C=C(O)c1ccccc1. The fraction of sp³-hybridized carbons (Fsp3) is 0. The average Bonchev–Trinajstić information content (AvgIpc) is 2.47. The molecule has 2 aromatic rings. The molecular formula is C17H14O2. The van der Waals surface area contributed by atoms with Gasteiger partial charge in [-0.1, -0.05) is 66.7 Å². The maximum atomic E-state index is 11.7. The van der Waals surface area contributed by atoms with Crippen LogP contribution in [0, 0.1) is 0 Å². The van der Waals surface area contributed by atoms with Gasteiger partial charge in [-0.05, 0) is 11.6 Å². The molecule has 0 aromatic heterocycles. The van der Waals surface area contributed by atoms with E-state index in [1.54, 1.807) is 18.2 Å². The quantitative estimate of drug-likeness (QED) is 0.660. The normalized spacial score (nSPS) is 11.7. The molecule has 2 nitrogen and oxygen atoms in total. The van der Waals surface area contributed by atoms with Crippen molar-refractivity contribution in [2.24, 2.45) is 0 Å². The highest BCUT2D eigenvalue weighted by atomic mass is 16.3. The Hall–Kier alpha value is -2.61. The largest absolute Gasteiger partial charge is 0.507 e. The van der Waals surface area contributed by atoms with E-state index in [-0.39, 0.29) is 11.5 Å². The third kappa shape index (κ3) is 3.96. The molecule has 0 amide bonds. The predicted molar refractivity (Wildman–Crippen MR) is 77.5 cm³/mol. The molecule has 0 aliphatic carbocycles. The number of benzene rings is 2. The van der Waals surface area contributed by atoms with Gasteiger partial charge in [0.25, 0.3) is 0 Å². The van der Waals surface area contributed by atoms with Gasteiger partial charge >= 0.3 is 0 Å². The van der Waals surface area contributed by atoms with Crippen molar-refractivity contribution in [1.29, 1.82) is 0 Å². The molecular weight excluding hydrogens is 236 g/mol. The lowest BCUT2D eigenvalue weighted by atomic mass is 10.1. The van der Waals surface area contributed by atoms with Gasteiger partial charge in [0.15, 0.2) is 5.78 Å². The number of hydrogen-bond acceptors (Lipinski definition) is 2. The van der Waals surface area contributed by atoms with Crippen LogP contribution in [0.5, 0.6) is 0 Å². The lowest BCUT2D eigenvalue weighted by Crippen LogP contribution is -1.90. The number of rotatable bonds is 4. The van der Waals surface area contributed by atoms with Gasteiger partial charge in [0.1, 0.15) is 5.76 Å². The smallest absolute Gasteiger partial charge is 0.182 e. The molecule has 19 heavy (non-hydrogen) atoms. The van der Waals surface area contributed by atoms with Crippen LogP contribution in [-0.2, 0) is 4.79 Å². The van der Waals surface area contributed by atoms with E-state index < -0.39 is 0 Å². The lowest BCUT2D eigenvalue weighted by Gasteiger charge is -1.97. The van der Waals surface area contributed by atoms with Gasteiger partial charge in [-0.15, -0.1) is 0 Å². The molecule has 2 aromatic carbocycles. The van der Waals surface area contributed by atoms with Crippen LogP contribution < -0.4 is 0 Å². The van der Waals surface area contributed by atoms with Crippen molar-refractivity contribution in [2.75, 3.05) is 0 Å². The number of allylic oxidation sites excluding steroid dienone is 2. The van der Waals surface area contributed by atoms with Crippen LogP contribution in [0.2, 0.25) is 0 Å². The summed E-state index contributed by atoms with van der Waals surface area (Å²) in [5, 5.41) is 9.79. The summed E-state index contributed by atoms with van der Waals surface area (Å²) in [5.41, 5.74) is 1.58. The minimum Gasteiger partial charge on any atom is -0.507 e. The second-order valence-electron chi connectivity index (χ2n) is 4.04. The maximum Gasteiger partial charge on any atom is 0.182 e. The summed E-state index contributed by atoms with van der Waals surface area (Å²) < 4.78 is 0. The second kappa shape index (κ2) is 6.36. The highest BCUT2D eigenvalue weighted by Gasteiger charge is 1.99. The van der Waals surface area contributed by atoms with Crippen LogP contribution in [-0.4, -0.2) is 10.9 Å². The molecule has 0 aliphatic rings. The fourth-order valence-electron chi connectivity index (χ4n) is 1.62. The van der Waals surface area contributed by atoms with E-state index in [2.05, 4.69) is 0 Å². The Morgan fingerprint density at radius 1 is 0.895 bits per heavy atom. The predicted octanol–water partition coefficient (Wildman–Crippen LogP) is 3.87. The number of carbonyl (C=O) groups is 1. The first-order chi connectivity index (χ1) is 9.25. The summed E-state index contributed by atoms with van der Waals surface area (Å²) in [6.07, 6.45) is 4.38. The molecule has 0 saturated carbocycles. The van der Waals surface area contributed by atoms with E-state index in [9.17, 15) is 9.90 Å². The molecule has 2 heteroatoms. The van der Waals surface area contributed by atoms with Gasteiger partial charge in [0.05, 0.1) is 0 Å². The van der Waals surface area contributed by atoms with Crippen molar-refractivity contribution in [2.45, 2.75) is 0 Å². The van der Waals surface area contributed by atoms with Crippen molar-refractivity contribution in [3.8, 4) is 0 Å². The number of hydrogen-bond donors (Lipinski definition) is 1. The molecule has 94 valence electrons. The van der Waals surface area contributed by atoms with Crippen molar-refractivity contribution in [3.05, 3.63) is 83.9 Å². The van der Waals surface area contributed by atoms with Gasteiger partial charge in [-0.2, -0.15) is 0 Å². The number of carbonyl (C=O) groups excluding carboxylic acids is 1. The molecule has 0 aliphatic heterocycles. The van der Waals surface area contributed by atoms with Crippen molar-refractivity contribution in [1.82, 2.24) is 0 Å². The summed E-state index contributed by atoms with van der Waals surface area (Å²) >= 11 is 0. The zero-order chi connectivity index (χ0) is 13.5. The first-order valence-corrected chi connectivity index (χ1v) is 5.99. The van der Waals surface area contributed by atoms with E-state index in [0.717, 1.165) is 5.56 Å². The summed E-state index contributed by atoms with van der Waals surface area (Å²) in [7, 11) is 0. The van der Waals surface area contributed by atoms with Crippen LogP contribution >= 0.6 is 0 Å². The van der Waals surface area contributed by atoms with Crippen LogP contribution in [0.15, 0.2) is 72.8 Å². The standard InChI is InChI=1S/C17H14O2/c18-16(12-11-14-7-3-1-4-8-14)13-17(19)15-9-5-2-6-10-15/h1-13,19H. The van der Waals surface area contributed by atoms with E-state index in [4.69, 9.17) is 0 Å². The number of aliphatic hydroxyl groups excluding tert-OH is 1. The minimum absolute atomic E-state index is 0.0247. The first-order valence-electron chi connectivity index (χ1n) is 5.99. The number of aliphatic hydroxyl groups is 1. The lowest BCUT2D eigenvalue weighted by molar-refractivity contribution is -0.110. The summed E-state index contributed by atoms with van der Waals surface area (Å²) in [5.74, 6) is -0.270. The zero-order valence-corrected chi connectivity index (χ0v) is 10.4. The van der Waals surface area contributed by atoms with E-state index in [0.29, 0.717) is 5.56 Å². The van der Waals surface area contributed by atoms with E-state index >= 15 is 0 Å². The van der Waals surface area contributed by atoms with Crippen molar-refractivity contribution in [3.63, 3.8) is 0 Å². The minimum atomic E-state index is -0.245. The third-order valence-electron chi connectivity index (χ3n) is 2.59. The van der Waals surface area contributed by atoms with E-state index in [1.807, 2.05) is 48.5 Å². The Balaban J connectivity index is 2.07. The van der Waals surface area contributed by atoms with Crippen LogP contribution in [0.25, 0.3) is 11.8 Å². The van der Waals surface area contributed by atoms with Crippen molar-refractivity contribution >= 4 is 17.6 Å². The van der Waals surface area contributed by atoms with Crippen LogP contribution in [0.3, 0.4) is 0 Å². The van der Waals surface area contributed by atoms with Crippen LogP contribution in [0.1, 0.15) is 11.1 Å². The van der Waals surface area contributed by atoms with Gasteiger partial charge in [0.2, 0.25) is 0 Å². The monoisotopic (exact) mass is 250 g/mol. The maximum absolute atomic E-state index is 11.7. The van der Waals surface area contributed by atoms with E-state index in [1.165, 1.54) is 12.2 Å². The molecule has 0 saturated heterocycles. The zero-order valence-electron chi connectivity index (χ0n) is 10.4. The third-order valence-corrected chi connectivity index (χ3v) is 2.59. The molecule has 0 radical (unpaired) electrons. The van der Waals surface area contributed by atoms with Gasteiger partial charge in [0, 0.05) is 11.6 Å². The van der Waals surface area contributed by atoms with Gasteiger partial charge in [-0.3, -0.25) is 4.79 Å². The fourth-order valence-corrected chi connectivity index (χ4v) is 1.62. The molecule has 0 spiro atoms. The molecule has 1 N–H and O–H groups in total. The molecule has 0 heterocycles. The first kappa shape index (κ1) is 12.8. The highest BCUT2D eigenvalue weighted by molar-refractivity contribution is 6.05. The van der Waals surface area contributed by atoms with Gasteiger partial charge < -0.3 is 5.11 Å². The average molecular weight is 250 g/mol. The molecule has 0 bridgehead atoms. The Bertz CT molecular complexity index is 596. The van der Waals surface area contributed by atoms with Crippen LogP contribution in [0.4, 0.5) is 0 Å². The Morgan fingerprint density at radius 2 is 1.47 bits per heavy atom.